The zero-order valence-corrected chi connectivity index (χ0v) is 10.8. The summed E-state index contributed by atoms with van der Waals surface area (Å²) >= 11 is 0. The predicted octanol–water partition coefficient (Wildman–Crippen LogP) is 3.08. The smallest absolute Gasteiger partial charge is 0.0580 e. The van der Waals surface area contributed by atoms with Crippen LogP contribution in [-0.4, -0.2) is 17.8 Å². The number of hydrogen-bond donors (Lipinski definition) is 2. The highest BCUT2D eigenvalue weighted by Gasteiger charge is 2.19. The van der Waals surface area contributed by atoms with Gasteiger partial charge in [0.15, 0.2) is 0 Å². The lowest BCUT2D eigenvalue weighted by atomic mass is 9.83. The summed E-state index contributed by atoms with van der Waals surface area (Å²) in [5.74, 6) is 1.21. The van der Waals surface area contributed by atoms with Gasteiger partial charge in [0.05, 0.1) is 6.10 Å². The molecule has 2 atom stereocenters. The molecule has 0 aliphatic heterocycles. The fraction of sp³-hybridized carbons (Fsp3) is 1.00. The molecule has 3 N–H and O–H groups in total. The van der Waals surface area contributed by atoms with Crippen LogP contribution in [0.3, 0.4) is 0 Å². The van der Waals surface area contributed by atoms with Crippen LogP contribution in [-0.2, 0) is 0 Å². The van der Waals surface area contributed by atoms with Gasteiger partial charge in [-0.15, -0.1) is 0 Å². The average Bonchev–Trinajstić information content (AvgIpc) is 2.34. The quantitative estimate of drug-likeness (QED) is 0.702. The van der Waals surface area contributed by atoms with Crippen molar-refractivity contribution in [2.45, 2.75) is 70.8 Å². The third-order valence-electron chi connectivity index (χ3n) is 4.10. The van der Waals surface area contributed by atoms with Crippen LogP contribution in [0.2, 0.25) is 0 Å². The maximum absolute atomic E-state index is 10.1. The summed E-state index contributed by atoms with van der Waals surface area (Å²) in [6, 6.07) is 0. The van der Waals surface area contributed by atoms with Crippen LogP contribution in [0.4, 0.5) is 0 Å². The molecular weight excluding hydrogens is 198 g/mol. The van der Waals surface area contributed by atoms with E-state index in [2.05, 4.69) is 6.92 Å². The minimum absolute atomic E-state index is 0.160. The van der Waals surface area contributed by atoms with Crippen molar-refractivity contribution < 1.29 is 5.11 Å². The Morgan fingerprint density at radius 2 is 1.88 bits per heavy atom. The highest BCUT2D eigenvalue weighted by molar-refractivity contribution is 4.73. The molecule has 0 heterocycles. The molecule has 16 heavy (non-hydrogen) atoms. The van der Waals surface area contributed by atoms with E-state index < -0.39 is 0 Å². The first-order valence-electron chi connectivity index (χ1n) is 7.16. The summed E-state index contributed by atoms with van der Waals surface area (Å²) in [7, 11) is 0. The molecule has 0 spiro atoms. The summed E-state index contributed by atoms with van der Waals surface area (Å²) in [6.45, 7) is 2.80. The molecule has 2 unspecified atom stereocenters. The lowest BCUT2D eigenvalue weighted by Gasteiger charge is -2.25. The second kappa shape index (κ2) is 8.08. The van der Waals surface area contributed by atoms with Crippen molar-refractivity contribution in [2.75, 3.05) is 6.54 Å². The molecular formula is C14H29NO. The van der Waals surface area contributed by atoms with E-state index in [9.17, 15) is 5.11 Å². The molecule has 0 aromatic rings. The third kappa shape index (κ3) is 4.84. The lowest BCUT2D eigenvalue weighted by Crippen LogP contribution is -2.28. The molecule has 96 valence electrons. The summed E-state index contributed by atoms with van der Waals surface area (Å²) in [6.07, 6.45) is 11.2. The summed E-state index contributed by atoms with van der Waals surface area (Å²) in [5, 5.41) is 10.1. The Labute approximate surface area is 101 Å². The first-order chi connectivity index (χ1) is 7.77. The first kappa shape index (κ1) is 14.0. The zero-order valence-electron chi connectivity index (χ0n) is 10.8. The van der Waals surface area contributed by atoms with Gasteiger partial charge in [-0.1, -0.05) is 45.4 Å². The van der Waals surface area contributed by atoms with E-state index in [0.29, 0.717) is 12.5 Å². The van der Waals surface area contributed by atoms with Crippen LogP contribution in [0.1, 0.15) is 64.7 Å². The van der Waals surface area contributed by atoms with Gasteiger partial charge in [0.25, 0.3) is 0 Å². The zero-order chi connectivity index (χ0) is 11.8. The van der Waals surface area contributed by atoms with Crippen LogP contribution in [0.25, 0.3) is 0 Å². The fourth-order valence-corrected chi connectivity index (χ4v) is 2.96. The minimum atomic E-state index is -0.160. The second-order valence-electron chi connectivity index (χ2n) is 5.43. The van der Waals surface area contributed by atoms with Crippen molar-refractivity contribution >= 4 is 0 Å². The van der Waals surface area contributed by atoms with Crippen LogP contribution in [0.5, 0.6) is 0 Å². The molecule has 2 nitrogen and oxygen atoms in total. The van der Waals surface area contributed by atoms with Crippen LogP contribution < -0.4 is 5.73 Å². The number of hydrogen-bond acceptors (Lipinski definition) is 2. The Bertz CT molecular complexity index is 166. The van der Waals surface area contributed by atoms with E-state index in [1.165, 1.54) is 38.5 Å². The molecule has 0 bridgehead atoms. The van der Waals surface area contributed by atoms with E-state index >= 15 is 0 Å². The molecule has 0 aromatic heterocycles. The molecule has 1 rings (SSSR count). The highest BCUT2D eigenvalue weighted by Crippen LogP contribution is 2.28. The highest BCUT2D eigenvalue weighted by atomic mass is 16.3. The molecule has 1 fully saturated rings. The molecule has 0 aromatic carbocycles. The third-order valence-corrected chi connectivity index (χ3v) is 4.10. The Morgan fingerprint density at radius 3 is 2.44 bits per heavy atom. The minimum Gasteiger partial charge on any atom is -0.393 e. The van der Waals surface area contributed by atoms with Crippen molar-refractivity contribution in [3.63, 3.8) is 0 Å². The SMILES string of the molecule is CCCC(CN)C(O)CCC1CCCCC1. The van der Waals surface area contributed by atoms with Gasteiger partial charge in [0.1, 0.15) is 0 Å². The summed E-state index contributed by atoms with van der Waals surface area (Å²) < 4.78 is 0. The Morgan fingerprint density at radius 1 is 1.19 bits per heavy atom. The van der Waals surface area contributed by atoms with Gasteiger partial charge in [0, 0.05) is 0 Å². The molecule has 1 saturated carbocycles. The van der Waals surface area contributed by atoms with Gasteiger partial charge in [0.2, 0.25) is 0 Å². The second-order valence-corrected chi connectivity index (χ2v) is 5.43. The molecule has 0 saturated heterocycles. The van der Waals surface area contributed by atoms with Crippen LogP contribution in [0.15, 0.2) is 0 Å². The largest absolute Gasteiger partial charge is 0.393 e. The molecule has 2 heteroatoms. The summed E-state index contributed by atoms with van der Waals surface area (Å²) in [5.41, 5.74) is 5.71. The predicted molar refractivity (Wildman–Crippen MR) is 69.3 cm³/mol. The first-order valence-corrected chi connectivity index (χ1v) is 7.16. The van der Waals surface area contributed by atoms with Crippen molar-refractivity contribution in [1.29, 1.82) is 0 Å². The average molecular weight is 227 g/mol. The van der Waals surface area contributed by atoms with Gasteiger partial charge in [-0.3, -0.25) is 0 Å². The Hall–Kier alpha value is -0.0800. The maximum Gasteiger partial charge on any atom is 0.0580 e. The fourth-order valence-electron chi connectivity index (χ4n) is 2.96. The Kier molecular flexibility index (Phi) is 7.06. The van der Waals surface area contributed by atoms with E-state index in [1.54, 1.807) is 0 Å². The van der Waals surface area contributed by atoms with Crippen LogP contribution >= 0.6 is 0 Å². The van der Waals surface area contributed by atoms with E-state index in [4.69, 9.17) is 5.73 Å². The topological polar surface area (TPSA) is 46.2 Å². The van der Waals surface area contributed by atoms with Gasteiger partial charge >= 0.3 is 0 Å². The number of rotatable bonds is 7. The van der Waals surface area contributed by atoms with Crippen molar-refractivity contribution in [3.05, 3.63) is 0 Å². The Balaban J connectivity index is 2.18. The molecule has 0 radical (unpaired) electrons. The number of aliphatic hydroxyl groups excluding tert-OH is 1. The van der Waals surface area contributed by atoms with Crippen molar-refractivity contribution in [1.82, 2.24) is 0 Å². The van der Waals surface area contributed by atoms with Gasteiger partial charge < -0.3 is 10.8 Å². The van der Waals surface area contributed by atoms with Gasteiger partial charge in [-0.25, -0.2) is 0 Å². The van der Waals surface area contributed by atoms with Gasteiger partial charge in [-0.2, -0.15) is 0 Å². The van der Waals surface area contributed by atoms with Crippen molar-refractivity contribution in [2.24, 2.45) is 17.6 Å². The standard InChI is InChI=1S/C14H29NO/c1-2-6-13(11-15)14(16)10-9-12-7-4-3-5-8-12/h12-14,16H,2-11,15H2,1H3. The normalized spacial score (nSPS) is 21.9. The number of aliphatic hydroxyl groups is 1. The van der Waals surface area contributed by atoms with Gasteiger partial charge in [-0.05, 0) is 37.6 Å². The maximum atomic E-state index is 10.1. The molecule has 1 aliphatic carbocycles. The van der Waals surface area contributed by atoms with E-state index in [-0.39, 0.29) is 6.10 Å². The van der Waals surface area contributed by atoms with E-state index in [1.807, 2.05) is 0 Å². The van der Waals surface area contributed by atoms with E-state index in [0.717, 1.165) is 25.2 Å². The van der Waals surface area contributed by atoms with Crippen molar-refractivity contribution in [3.8, 4) is 0 Å². The molecule has 1 aliphatic rings. The number of nitrogens with two attached hydrogens (primary N) is 1. The lowest BCUT2D eigenvalue weighted by molar-refractivity contribution is 0.0877. The molecule has 0 amide bonds. The monoisotopic (exact) mass is 227 g/mol. The van der Waals surface area contributed by atoms with Crippen LogP contribution in [0, 0.1) is 11.8 Å². The summed E-state index contributed by atoms with van der Waals surface area (Å²) in [4.78, 5) is 0.